The average molecular weight is 228 g/mol. The van der Waals surface area contributed by atoms with Gasteiger partial charge in [0.2, 0.25) is 0 Å². The van der Waals surface area contributed by atoms with E-state index in [1.807, 2.05) is 49.4 Å². The summed E-state index contributed by atoms with van der Waals surface area (Å²) >= 11 is 0. The maximum atomic E-state index is 9.96. The van der Waals surface area contributed by atoms with Gasteiger partial charge in [-0.1, -0.05) is 42.5 Å². The van der Waals surface area contributed by atoms with Crippen molar-refractivity contribution in [3.8, 4) is 5.75 Å². The molecule has 0 unspecified atom stereocenters. The smallest absolute Gasteiger partial charge is 0.122 e. The number of rotatable bonds is 3. The van der Waals surface area contributed by atoms with Gasteiger partial charge in [0.25, 0.3) is 0 Å². The molecule has 0 aliphatic heterocycles. The van der Waals surface area contributed by atoms with Crippen LogP contribution in [0.5, 0.6) is 5.75 Å². The molecule has 2 aromatic carbocycles. The van der Waals surface area contributed by atoms with Gasteiger partial charge in [0.15, 0.2) is 0 Å². The van der Waals surface area contributed by atoms with Crippen LogP contribution in [-0.2, 0) is 13.0 Å². The van der Waals surface area contributed by atoms with Gasteiger partial charge in [-0.2, -0.15) is 0 Å². The Hall–Kier alpha value is -1.80. The topological polar surface area (TPSA) is 40.5 Å². The Labute approximate surface area is 101 Å². The standard InChI is InChI=1S/C15H16O2/c1-11-5-4-8-13(15(11)17)9-12-6-2-3-7-14(12)10-16/h2-8,16-17H,9-10H2,1H3. The first-order valence-electron chi connectivity index (χ1n) is 5.67. The van der Waals surface area contributed by atoms with Crippen LogP contribution in [0.2, 0.25) is 0 Å². The van der Waals surface area contributed by atoms with Crippen molar-refractivity contribution < 1.29 is 10.2 Å². The maximum absolute atomic E-state index is 9.96. The minimum atomic E-state index is 0.0305. The van der Waals surface area contributed by atoms with Crippen LogP contribution >= 0.6 is 0 Å². The molecule has 88 valence electrons. The molecule has 2 aromatic rings. The number of hydrogen-bond acceptors (Lipinski definition) is 2. The van der Waals surface area contributed by atoms with Crippen LogP contribution in [0, 0.1) is 6.92 Å². The van der Waals surface area contributed by atoms with E-state index in [1.54, 1.807) is 0 Å². The van der Waals surface area contributed by atoms with Gasteiger partial charge < -0.3 is 10.2 Å². The third-order valence-corrected chi connectivity index (χ3v) is 2.99. The molecule has 0 aliphatic carbocycles. The Morgan fingerprint density at radius 2 is 1.53 bits per heavy atom. The monoisotopic (exact) mass is 228 g/mol. The van der Waals surface area contributed by atoms with E-state index in [2.05, 4.69) is 0 Å². The predicted molar refractivity (Wildman–Crippen MR) is 68.0 cm³/mol. The average Bonchev–Trinajstić information content (AvgIpc) is 2.35. The molecule has 0 atom stereocenters. The Bertz CT molecular complexity index is 518. The molecule has 17 heavy (non-hydrogen) atoms. The van der Waals surface area contributed by atoms with Crippen molar-refractivity contribution >= 4 is 0 Å². The quantitative estimate of drug-likeness (QED) is 0.848. The molecule has 0 saturated carbocycles. The third-order valence-electron chi connectivity index (χ3n) is 2.99. The summed E-state index contributed by atoms with van der Waals surface area (Å²) in [5, 5.41) is 19.2. The number of hydrogen-bond donors (Lipinski definition) is 2. The van der Waals surface area contributed by atoms with E-state index < -0.39 is 0 Å². The molecule has 0 spiro atoms. The minimum absolute atomic E-state index is 0.0305. The number of phenols is 1. The Morgan fingerprint density at radius 1 is 0.882 bits per heavy atom. The van der Waals surface area contributed by atoms with Crippen molar-refractivity contribution in [2.45, 2.75) is 20.0 Å². The van der Waals surface area contributed by atoms with E-state index in [1.165, 1.54) is 0 Å². The highest BCUT2D eigenvalue weighted by Gasteiger charge is 2.07. The lowest BCUT2D eigenvalue weighted by molar-refractivity contribution is 0.281. The van der Waals surface area contributed by atoms with Crippen molar-refractivity contribution in [1.82, 2.24) is 0 Å². The van der Waals surface area contributed by atoms with Gasteiger partial charge in [-0.25, -0.2) is 0 Å². The van der Waals surface area contributed by atoms with Gasteiger partial charge in [-0.3, -0.25) is 0 Å². The van der Waals surface area contributed by atoms with E-state index in [4.69, 9.17) is 0 Å². The second kappa shape index (κ2) is 5.02. The molecule has 0 aliphatic rings. The zero-order valence-electron chi connectivity index (χ0n) is 9.85. The lowest BCUT2D eigenvalue weighted by Gasteiger charge is -2.10. The van der Waals surface area contributed by atoms with Crippen molar-refractivity contribution in [3.63, 3.8) is 0 Å². The summed E-state index contributed by atoms with van der Waals surface area (Å²) < 4.78 is 0. The van der Waals surface area contributed by atoms with Crippen LogP contribution in [0.3, 0.4) is 0 Å². The van der Waals surface area contributed by atoms with E-state index in [0.29, 0.717) is 12.2 Å². The van der Waals surface area contributed by atoms with E-state index in [-0.39, 0.29) is 6.61 Å². The largest absolute Gasteiger partial charge is 0.507 e. The molecular weight excluding hydrogens is 212 g/mol. The first-order chi connectivity index (χ1) is 8.22. The molecule has 2 N–H and O–H groups in total. The number of aliphatic hydroxyl groups is 1. The molecule has 0 heterocycles. The Kier molecular flexibility index (Phi) is 3.45. The van der Waals surface area contributed by atoms with Crippen LogP contribution in [0.25, 0.3) is 0 Å². The molecule has 0 bridgehead atoms. The summed E-state index contributed by atoms with van der Waals surface area (Å²) in [5.41, 5.74) is 3.74. The maximum Gasteiger partial charge on any atom is 0.122 e. The fourth-order valence-corrected chi connectivity index (χ4v) is 1.95. The van der Waals surface area contributed by atoms with Crippen LogP contribution in [0.15, 0.2) is 42.5 Å². The number of benzene rings is 2. The summed E-state index contributed by atoms with van der Waals surface area (Å²) in [6, 6.07) is 13.5. The highest BCUT2D eigenvalue weighted by Crippen LogP contribution is 2.25. The fraction of sp³-hybridized carbons (Fsp3) is 0.200. The van der Waals surface area contributed by atoms with Crippen molar-refractivity contribution in [2.75, 3.05) is 0 Å². The number of para-hydroxylation sites is 1. The summed E-state index contributed by atoms with van der Waals surface area (Å²) in [5.74, 6) is 0.347. The van der Waals surface area contributed by atoms with Crippen molar-refractivity contribution in [1.29, 1.82) is 0 Å². The Morgan fingerprint density at radius 3 is 2.24 bits per heavy atom. The third kappa shape index (κ3) is 2.48. The second-order valence-corrected chi connectivity index (χ2v) is 4.19. The highest BCUT2D eigenvalue weighted by molar-refractivity contribution is 5.43. The normalized spacial score (nSPS) is 10.5. The van der Waals surface area contributed by atoms with Crippen molar-refractivity contribution in [3.05, 3.63) is 64.7 Å². The first-order valence-corrected chi connectivity index (χ1v) is 5.67. The molecule has 2 heteroatoms. The van der Waals surface area contributed by atoms with Gasteiger partial charge in [-0.05, 0) is 29.2 Å². The lowest BCUT2D eigenvalue weighted by Crippen LogP contribution is -1.96. The van der Waals surface area contributed by atoms with E-state index in [0.717, 1.165) is 22.3 Å². The van der Waals surface area contributed by atoms with Crippen LogP contribution in [0.1, 0.15) is 22.3 Å². The molecule has 0 amide bonds. The minimum Gasteiger partial charge on any atom is -0.507 e. The number of aliphatic hydroxyl groups excluding tert-OH is 1. The van der Waals surface area contributed by atoms with Crippen LogP contribution in [-0.4, -0.2) is 10.2 Å². The summed E-state index contributed by atoms with van der Waals surface area (Å²) in [4.78, 5) is 0. The zero-order chi connectivity index (χ0) is 12.3. The molecule has 0 radical (unpaired) electrons. The molecule has 0 saturated heterocycles. The summed E-state index contributed by atoms with van der Waals surface area (Å²) in [6.07, 6.45) is 0.643. The Balaban J connectivity index is 2.35. The number of phenolic OH excluding ortho intramolecular Hbond substituents is 1. The zero-order valence-corrected chi connectivity index (χ0v) is 9.85. The molecule has 2 nitrogen and oxygen atoms in total. The lowest BCUT2D eigenvalue weighted by atomic mass is 9.98. The predicted octanol–water partition coefficient (Wildman–Crippen LogP) is 2.78. The van der Waals surface area contributed by atoms with Gasteiger partial charge in [0, 0.05) is 6.42 Å². The number of aryl methyl sites for hydroxylation is 1. The van der Waals surface area contributed by atoms with Crippen LogP contribution < -0.4 is 0 Å². The van der Waals surface area contributed by atoms with Crippen LogP contribution in [0.4, 0.5) is 0 Å². The van der Waals surface area contributed by atoms with E-state index >= 15 is 0 Å². The first kappa shape index (κ1) is 11.7. The second-order valence-electron chi connectivity index (χ2n) is 4.19. The fourth-order valence-electron chi connectivity index (χ4n) is 1.95. The molecule has 2 rings (SSSR count). The highest BCUT2D eigenvalue weighted by atomic mass is 16.3. The molecule has 0 aromatic heterocycles. The van der Waals surface area contributed by atoms with Gasteiger partial charge in [0.05, 0.1) is 6.61 Å². The molecular formula is C15H16O2. The summed E-state index contributed by atoms with van der Waals surface area (Å²) in [7, 11) is 0. The SMILES string of the molecule is Cc1cccc(Cc2ccccc2CO)c1O. The van der Waals surface area contributed by atoms with Gasteiger partial charge in [0.1, 0.15) is 5.75 Å². The number of aromatic hydroxyl groups is 1. The van der Waals surface area contributed by atoms with Gasteiger partial charge in [-0.15, -0.1) is 0 Å². The van der Waals surface area contributed by atoms with Crippen molar-refractivity contribution in [2.24, 2.45) is 0 Å². The summed E-state index contributed by atoms with van der Waals surface area (Å²) in [6.45, 7) is 1.92. The van der Waals surface area contributed by atoms with Gasteiger partial charge >= 0.3 is 0 Å². The van der Waals surface area contributed by atoms with E-state index in [9.17, 15) is 10.2 Å². The molecule has 0 fully saturated rings.